The number of benzene rings is 2. The molecule has 0 bridgehead atoms. The Labute approximate surface area is 151 Å². The number of pyridine rings is 1. The number of halogens is 1. The summed E-state index contributed by atoms with van der Waals surface area (Å²) in [5.41, 5.74) is 2.44. The van der Waals surface area contributed by atoms with Crippen molar-refractivity contribution in [3.05, 3.63) is 58.7 Å². The Bertz CT molecular complexity index is 938. The summed E-state index contributed by atoms with van der Waals surface area (Å²) in [7, 11) is 4.82. The highest BCUT2D eigenvalue weighted by molar-refractivity contribution is 6.31. The van der Waals surface area contributed by atoms with Crippen molar-refractivity contribution in [2.75, 3.05) is 21.3 Å². The first-order chi connectivity index (χ1) is 12.2. The van der Waals surface area contributed by atoms with Gasteiger partial charge in [-0.1, -0.05) is 29.8 Å². The molecule has 128 valence electrons. The van der Waals surface area contributed by atoms with Crippen LogP contribution in [0.15, 0.2) is 42.5 Å². The van der Waals surface area contributed by atoms with Crippen LogP contribution in [0, 0.1) is 0 Å². The van der Waals surface area contributed by atoms with E-state index in [1.165, 1.54) is 0 Å². The molecule has 4 nitrogen and oxygen atoms in total. The van der Waals surface area contributed by atoms with Crippen LogP contribution in [-0.4, -0.2) is 26.3 Å². The Morgan fingerprint density at radius 1 is 0.880 bits per heavy atom. The zero-order valence-corrected chi connectivity index (χ0v) is 15.0. The minimum absolute atomic E-state index is 0.574. The quantitative estimate of drug-likeness (QED) is 0.639. The van der Waals surface area contributed by atoms with Crippen molar-refractivity contribution in [2.24, 2.45) is 0 Å². The molecule has 0 saturated carbocycles. The van der Waals surface area contributed by atoms with Gasteiger partial charge in [-0.2, -0.15) is 0 Å². The Morgan fingerprint density at radius 2 is 1.68 bits per heavy atom. The summed E-state index contributed by atoms with van der Waals surface area (Å²) in [6, 6.07) is 13.4. The van der Waals surface area contributed by atoms with E-state index in [0.29, 0.717) is 16.5 Å². The highest BCUT2D eigenvalue weighted by Crippen LogP contribution is 2.35. The first kappa shape index (κ1) is 17.1. The Balaban J connectivity index is 2.02. The second kappa shape index (κ2) is 7.45. The maximum Gasteiger partial charge on any atom is 0.168 e. The minimum atomic E-state index is 0.574. The maximum absolute atomic E-state index is 6.16. The molecule has 0 saturated heterocycles. The molecule has 0 spiro atoms. The number of methoxy groups -OCH3 is 3. The zero-order chi connectivity index (χ0) is 17.8. The van der Waals surface area contributed by atoms with E-state index in [-0.39, 0.29) is 0 Å². The summed E-state index contributed by atoms with van der Waals surface area (Å²) in [5, 5.41) is 1.60. The van der Waals surface area contributed by atoms with Gasteiger partial charge in [0.1, 0.15) is 11.3 Å². The second-order valence-corrected chi connectivity index (χ2v) is 5.77. The molecule has 1 aromatic heterocycles. The van der Waals surface area contributed by atoms with Gasteiger partial charge in [-0.05, 0) is 30.4 Å². The lowest BCUT2D eigenvalue weighted by Crippen LogP contribution is -1.93. The van der Waals surface area contributed by atoms with E-state index in [2.05, 4.69) is 4.98 Å². The van der Waals surface area contributed by atoms with E-state index in [4.69, 9.17) is 25.8 Å². The van der Waals surface area contributed by atoms with Gasteiger partial charge in [-0.3, -0.25) is 0 Å². The summed E-state index contributed by atoms with van der Waals surface area (Å²) in [6.07, 6.45) is 3.80. The van der Waals surface area contributed by atoms with Gasteiger partial charge in [0.2, 0.25) is 0 Å². The van der Waals surface area contributed by atoms with Crippen molar-refractivity contribution in [3.63, 3.8) is 0 Å². The molecule has 0 aliphatic carbocycles. The van der Waals surface area contributed by atoms with Gasteiger partial charge >= 0.3 is 0 Å². The Hall–Kier alpha value is -2.72. The molecule has 2 aromatic carbocycles. The topological polar surface area (TPSA) is 40.6 Å². The highest BCUT2D eigenvalue weighted by atomic mass is 35.5. The lowest BCUT2D eigenvalue weighted by Gasteiger charge is -2.11. The monoisotopic (exact) mass is 355 g/mol. The number of ether oxygens (including phenoxy) is 3. The van der Waals surface area contributed by atoms with Crippen LogP contribution in [0.2, 0.25) is 5.02 Å². The molecule has 0 unspecified atom stereocenters. The fraction of sp³-hybridized carbons (Fsp3) is 0.150. The van der Waals surface area contributed by atoms with E-state index >= 15 is 0 Å². The molecule has 5 heteroatoms. The molecule has 0 radical (unpaired) electrons. The molecule has 0 aliphatic heterocycles. The minimum Gasteiger partial charge on any atom is -0.494 e. The molecule has 25 heavy (non-hydrogen) atoms. The van der Waals surface area contributed by atoms with Crippen molar-refractivity contribution in [1.82, 2.24) is 4.98 Å². The van der Waals surface area contributed by atoms with Crippen molar-refractivity contribution in [1.29, 1.82) is 0 Å². The number of nitrogens with zero attached hydrogens (tertiary/aromatic N) is 1. The van der Waals surface area contributed by atoms with Gasteiger partial charge in [0.15, 0.2) is 11.5 Å². The average molecular weight is 356 g/mol. The van der Waals surface area contributed by atoms with Crippen LogP contribution in [0.5, 0.6) is 17.2 Å². The third-order valence-electron chi connectivity index (χ3n) is 3.83. The number of rotatable bonds is 5. The highest BCUT2D eigenvalue weighted by Gasteiger charge is 2.10. The predicted octanol–water partition coefficient (Wildman–Crippen LogP) is 5.08. The summed E-state index contributed by atoms with van der Waals surface area (Å²) in [6.45, 7) is 0. The normalized spacial score (nSPS) is 11.0. The lowest BCUT2D eigenvalue weighted by molar-refractivity contribution is 0.354. The van der Waals surface area contributed by atoms with Gasteiger partial charge in [-0.15, -0.1) is 0 Å². The Kier molecular flexibility index (Phi) is 5.10. The smallest absolute Gasteiger partial charge is 0.168 e. The predicted molar refractivity (Wildman–Crippen MR) is 102 cm³/mol. The third-order valence-corrected chi connectivity index (χ3v) is 4.05. The molecule has 0 N–H and O–H groups in total. The van der Waals surface area contributed by atoms with E-state index in [1.54, 1.807) is 27.4 Å². The molecule has 0 fully saturated rings. The molecule has 0 atom stereocenters. The number of fused-ring (bicyclic) bond motifs is 1. The molecule has 3 rings (SSSR count). The average Bonchev–Trinajstić information content (AvgIpc) is 2.65. The molecule has 0 amide bonds. The standard InChI is InChI=1S/C20H18ClNO3/c1-23-17-6-4-5-13-7-9-16(22-19(13)17)10-8-14-11-15(21)12-18(24-2)20(14)25-3/h4-12H,1-3H3/b10-8+. The molecule has 3 aromatic rings. The number of aromatic nitrogens is 1. The zero-order valence-electron chi connectivity index (χ0n) is 14.2. The van der Waals surface area contributed by atoms with Crippen molar-refractivity contribution >= 4 is 34.7 Å². The van der Waals surface area contributed by atoms with Crippen LogP contribution in [0.1, 0.15) is 11.3 Å². The first-order valence-electron chi connectivity index (χ1n) is 7.69. The van der Waals surface area contributed by atoms with E-state index in [0.717, 1.165) is 27.9 Å². The van der Waals surface area contributed by atoms with Gasteiger partial charge in [-0.25, -0.2) is 4.98 Å². The maximum atomic E-state index is 6.16. The molecule has 1 heterocycles. The van der Waals surface area contributed by atoms with Crippen LogP contribution in [0.4, 0.5) is 0 Å². The Morgan fingerprint density at radius 3 is 2.40 bits per heavy atom. The first-order valence-corrected chi connectivity index (χ1v) is 8.07. The summed E-state index contributed by atoms with van der Waals surface area (Å²) in [4.78, 5) is 4.66. The van der Waals surface area contributed by atoms with Gasteiger partial charge in [0.05, 0.1) is 27.0 Å². The van der Waals surface area contributed by atoms with Crippen LogP contribution in [-0.2, 0) is 0 Å². The third kappa shape index (κ3) is 3.54. The van der Waals surface area contributed by atoms with Crippen LogP contribution in [0.3, 0.4) is 0 Å². The van der Waals surface area contributed by atoms with Gasteiger partial charge in [0, 0.05) is 22.0 Å². The molecular weight excluding hydrogens is 338 g/mol. The second-order valence-electron chi connectivity index (χ2n) is 5.33. The van der Waals surface area contributed by atoms with E-state index < -0.39 is 0 Å². The molecule has 0 aliphatic rings. The SMILES string of the molecule is COc1cc(Cl)cc(/C=C/c2ccc3cccc(OC)c3n2)c1OC. The van der Waals surface area contributed by atoms with E-state index in [1.807, 2.05) is 48.6 Å². The van der Waals surface area contributed by atoms with Crippen LogP contribution < -0.4 is 14.2 Å². The molecular formula is C20H18ClNO3. The summed E-state index contributed by atoms with van der Waals surface area (Å²) in [5.74, 6) is 1.96. The largest absolute Gasteiger partial charge is 0.494 e. The van der Waals surface area contributed by atoms with Crippen molar-refractivity contribution < 1.29 is 14.2 Å². The summed E-state index contributed by atoms with van der Waals surface area (Å²) >= 11 is 6.16. The van der Waals surface area contributed by atoms with Gasteiger partial charge < -0.3 is 14.2 Å². The fourth-order valence-corrected chi connectivity index (χ4v) is 2.87. The number of hydrogen-bond donors (Lipinski definition) is 0. The number of para-hydroxylation sites is 1. The lowest BCUT2D eigenvalue weighted by atomic mass is 10.1. The van der Waals surface area contributed by atoms with Crippen molar-refractivity contribution in [2.45, 2.75) is 0 Å². The van der Waals surface area contributed by atoms with Gasteiger partial charge in [0.25, 0.3) is 0 Å². The van der Waals surface area contributed by atoms with E-state index in [9.17, 15) is 0 Å². The van der Waals surface area contributed by atoms with Crippen molar-refractivity contribution in [3.8, 4) is 17.2 Å². The van der Waals surface area contributed by atoms with Crippen LogP contribution >= 0.6 is 11.6 Å². The summed E-state index contributed by atoms with van der Waals surface area (Å²) < 4.78 is 16.2. The number of hydrogen-bond acceptors (Lipinski definition) is 4. The fourth-order valence-electron chi connectivity index (χ4n) is 2.65. The van der Waals surface area contributed by atoms with Crippen LogP contribution in [0.25, 0.3) is 23.1 Å².